The number of ether oxygens (including phenoxy) is 1. The van der Waals surface area contributed by atoms with Crippen LogP contribution in [0.5, 0.6) is 5.75 Å². The van der Waals surface area contributed by atoms with Gasteiger partial charge in [0.2, 0.25) is 0 Å². The van der Waals surface area contributed by atoms with Crippen LogP contribution in [0.4, 0.5) is 13.6 Å². The standard InChI is InChI=1S/C10H11F2NO2/c1-6(2)13-10(14)15-9-4-3-7(11)5-8(9)12/h3-6H,1-2H3,(H,13,14). The fourth-order valence-corrected chi connectivity index (χ4v) is 0.923. The molecule has 82 valence electrons. The monoisotopic (exact) mass is 215 g/mol. The summed E-state index contributed by atoms with van der Waals surface area (Å²) in [4.78, 5) is 11.1. The molecule has 0 atom stereocenters. The number of hydrogen-bond acceptors (Lipinski definition) is 2. The summed E-state index contributed by atoms with van der Waals surface area (Å²) in [7, 11) is 0. The van der Waals surface area contributed by atoms with E-state index in [1.807, 2.05) is 0 Å². The quantitative estimate of drug-likeness (QED) is 0.822. The van der Waals surface area contributed by atoms with Gasteiger partial charge in [0.1, 0.15) is 5.82 Å². The van der Waals surface area contributed by atoms with Gasteiger partial charge in [-0.05, 0) is 26.0 Å². The van der Waals surface area contributed by atoms with Crippen molar-refractivity contribution in [1.29, 1.82) is 0 Å². The first kappa shape index (κ1) is 11.4. The highest BCUT2D eigenvalue weighted by Crippen LogP contribution is 2.17. The van der Waals surface area contributed by atoms with Crippen molar-refractivity contribution >= 4 is 6.09 Å². The van der Waals surface area contributed by atoms with Crippen LogP contribution in [0.15, 0.2) is 18.2 Å². The first-order valence-electron chi connectivity index (χ1n) is 4.42. The van der Waals surface area contributed by atoms with Gasteiger partial charge in [0.15, 0.2) is 11.6 Å². The van der Waals surface area contributed by atoms with Crippen molar-refractivity contribution in [3.63, 3.8) is 0 Å². The van der Waals surface area contributed by atoms with E-state index in [9.17, 15) is 13.6 Å². The van der Waals surface area contributed by atoms with E-state index in [1.165, 1.54) is 0 Å². The van der Waals surface area contributed by atoms with Crippen LogP contribution in [0.3, 0.4) is 0 Å². The highest BCUT2D eigenvalue weighted by Gasteiger charge is 2.10. The molecule has 1 aromatic rings. The largest absolute Gasteiger partial charge is 0.412 e. The number of carbonyl (C=O) groups is 1. The first-order valence-corrected chi connectivity index (χ1v) is 4.42. The number of rotatable bonds is 2. The molecule has 1 aromatic carbocycles. The van der Waals surface area contributed by atoms with Crippen molar-refractivity contribution in [2.24, 2.45) is 0 Å². The number of hydrogen-bond donors (Lipinski definition) is 1. The molecule has 5 heteroatoms. The SMILES string of the molecule is CC(C)NC(=O)Oc1ccc(F)cc1F. The van der Waals surface area contributed by atoms with Gasteiger partial charge in [-0.2, -0.15) is 0 Å². The van der Waals surface area contributed by atoms with Crippen LogP contribution in [0.2, 0.25) is 0 Å². The summed E-state index contributed by atoms with van der Waals surface area (Å²) in [5.74, 6) is -1.92. The molecular formula is C10H11F2NO2. The molecule has 0 aliphatic rings. The molecule has 0 saturated heterocycles. The van der Waals surface area contributed by atoms with Crippen molar-refractivity contribution in [2.45, 2.75) is 19.9 Å². The molecule has 0 radical (unpaired) electrons. The second kappa shape index (κ2) is 4.72. The van der Waals surface area contributed by atoms with E-state index >= 15 is 0 Å². The summed E-state index contributed by atoms with van der Waals surface area (Å²) < 4.78 is 30.1. The Kier molecular flexibility index (Phi) is 3.60. The molecule has 0 aliphatic carbocycles. The number of benzene rings is 1. The van der Waals surface area contributed by atoms with Crippen LogP contribution in [-0.2, 0) is 0 Å². The molecule has 15 heavy (non-hydrogen) atoms. The molecule has 1 amide bonds. The van der Waals surface area contributed by atoms with Crippen molar-refractivity contribution in [1.82, 2.24) is 5.32 Å². The minimum absolute atomic E-state index is 0.110. The van der Waals surface area contributed by atoms with E-state index in [-0.39, 0.29) is 11.8 Å². The zero-order valence-corrected chi connectivity index (χ0v) is 8.38. The molecule has 0 aliphatic heterocycles. The predicted octanol–water partition coefficient (Wildman–Crippen LogP) is 2.46. The lowest BCUT2D eigenvalue weighted by Crippen LogP contribution is -2.32. The van der Waals surface area contributed by atoms with Crippen molar-refractivity contribution in [3.8, 4) is 5.75 Å². The molecule has 0 heterocycles. The molecule has 1 N–H and O–H groups in total. The van der Waals surface area contributed by atoms with E-state index in [0.29, 0.717) is 6.07 Å². The van der Waals surface area contributed by atoms with E-state index in [4.69, 9.17) is 0 Å². The van der Waals surface area contributed by atoms with Crippen LogP contribution < -0.4 is 10.1 Å². The third kappa shape index (κ3) is 3.53. The molecular weight excluding hydrogens is 204 g/mol. The summed E-state index contributed by atoms with van der Waals surface area (Å²) in [6.45, 7) is 3.48. The number of amides is 1. The minimum atomic E-state index is -0.908. The molecule has 3 nitrogen and oxygen atoms in total. The van der Waals surface area contributed by atoms with Gasteiger partial charge in [-0.1, -0.05) is 0 Å². The molecule has 0 spiro atoms. The molecule has 0 saturated carbocycles. The Morgan fingerprint density at radius 3 is 2.60 bits per heavy atom. The van der Waals surface area contributed by atoms with E-state index in [2.05, 4.69) is 10.1 Å². The van der Waals surface area contributed by atoms with Gasteiger partial charge in [-0.25, -0.2) is 13.6 Å². The normalized spacial score (nSPS) is 10.2. The van der Waals surface area contributed by atoms with Crippen molar-refractivity contribution in [3.05, 3.63) is 29.8 Å². The highest BCUT2D eigenvalue weighted by atomic mass is 19.1. The number of carbonyl (C=O) groups excluding carboxylic acids is 1. The summed E-state index contributed by atoms with van der Waals surface area (Å²) in [5.41, 5.74) is 0. The highest BCUT2D eigenvalue weighted by molar-refractivity contribution is 5.70. The van der Waals surface area contributed by atoms with Gasteiger partial charge >= 0.3 is 6.09 Å². The van der Waals surface area contributed by atoms with Gasteiger partial charge in [0.25, 0.3) is 0 Å². The zero-order valence-electron chi connectivity index (χ0n) is 8.38. The third-order valence-corrected chi connectivity index (χ3v) is 1.50. The maximum atomic E-state index is 13.0. The third-order valence-electron chi connectivity index (χ3n) is 1.50. The fraction of sp³-hybridized carbons (Fsp3) is 0.300. The summed E-state index contributed by atoms with van der Waals surface area (Å²) in [5, 5.41) is 2.41. The van der Waals surface area contributed by atoms with Gasteiger partial charge in [0.05, 0.1) is 0 Å². The van der Waals surface area contributed by atoms with Crippen molar-refractivity contribution in [2.75, 3.05) is 0 Å². The Hall–Kier alpha value is -1.65. The topological polar surface area (TPSA) is 38.3 Å². The Labute approximate surface area is 86.0 Å². The minimum Gasteiger partial charge on any atom is -0.407 e. The van der Waals surface area contributed by atoms with Crippen LogP contribution in [0.25, 0.3) is 0 Å². The molecule has 0 aromatic heterocycles. The lowest BCUT2D eigenvalue weighted by molar-refractivity contribution is 0.195. The second-order valence-corrected chi connectivity index (χ2v) is 3.26. The number of nitrogens with one attached hydrogen (secondary N) is 1. The predicted molar refractivity (Wildman–Crippen MR) is 50.7 cm³/mol. The lowest BCUT2D eigenvalue weighted by atomic mass is 10.3. The van der Waals surface area contributed by atoms with E-state index in [0.717, 1.165) is 12.1 Å². The molecule has 0 bridgehead atoms. The van der Waals surface area contributed by atoms with Gasteiger partial charge < -0.3 is 10.1 Å². The van der Waals surface area contributed by atoms with Gasteiger partial charge in [-0.15, -0.1) is 0 Å². The smallest absolute Gasteiger partial charge is 0.407 e. The maximum absolute atomic E-state index is 13.0. The lowest BCUT2D eigenvalue weighted by Gasteiger charge is -2.09. The fourth-order valence-electron chi connectivity index (χ4n) is 0.923. The Balaban J connectivity index is 2.68. The number of halogens is 2. The van der Waals surface area contributed by atoms with Crippen LogP contribution in [-0.4, -0.2) is 12.1 Å². The van der Waals surface area contributed by atoms with E-state index in [1.54, 1.807) is 13.8 Å². The summed E-state index contributed by atoms with van der Waals surface area (Å²) in [6, 6.07) is 2.62. The van der Waals surface area contributed by atoms with E-state index < -0.39 is 17.7 Å². The first-order chi connectivity index (χ1) is 6.99. The Bertz CT molecular complexity index is 366. The van der Waals surface area contributed by atoms with Gasteiger partial charge in [-0.3, -0.25) is 0 Å². The molecule has 0 fully saturated rings. The van der Waals surface area contributed by atoms with Crippen molar-refractivity contribution < 1.29 is 18.3 Å². The second-order valence-electron chi connectivity index (χ2n) is 3.26. The molecule has 1 rings (SSSR count). The Morgan fingerprint density at radius 1 is 1.40 bits per heavy atom. The summed E-state index contributed by atoms with van der Waals surface area (Å²) in [6.07, 6.45) is -0.768. The molecule has 0 unspecified atom stereocenters. The zero-order chi connectivity index (χ0) is 11.4. The van der Waals surface area contributed by atoms with Crippen LogP contribution in [0.1, 0.15) is 13.8 Å². The van der Waals surface area contributed by atoms with Crippen LogP contribution >= 0.6 is 0 Å². The van der Waals surface area contributed by atoms with Crippen LogP contribution in [0, 0.1) is 11.6 Å². The summed E-state index contributed by atoms with van der Waals surface area (Å²) >= 11 is 0. The van der Waals surface area contributed by atoms with Gasteiger partial charge in [0, 0.05) is 12.1 Å². The maximum Gasteiger partial charge on any atom is 0.412 e. The Morgan fingerprint density at radius 2 is 2.07 bits per heavy atom. The average molecular weight is 215 g/mol. The average Bonchev–Trinajstić information content (AvgIpc) is 2.08.